The maximum atomic E-state index is 14.7. The Morgan fingerprint density at radius 1 is 0.338 bits per heavy atom. The summed E-state index contributed by atoms with van der Waals surface area (Å²) >= 11 is 0. The highest BCUT2D eigenvalue weighted by molar-refractivity contribution is 5.76. The first-order chi connectivity index (χ1) is 36.6. The molecule has 7 aromatic carbocycles. The summed E-state index contributed by atoms with van der Waals surface area (Å²) in [5.41, 5.74) is 6.41. The summed E-state index contributed by atoms with van der Waals surface area (Å²) in [6.07, 6.45) is -9.48. The normalized spacial score (nSPS) is 23.7. The van der Waals surface area contributed by atoms with Crippen molar-refractivity contribution in [1.29, 1.82) is 0 Å². The topological polar surface area (TPSA) is 119 Å². The van der Waals surface area contributed by atoms with E-state index in [0.717, 1.165) is 38.9 Å². The summed E-state index contributed by atoms with van der Waals surface area (Å²) in [4.78, 5) is 14.7. The molecule has 0 bridgehead atoms. The van der Waals surface area contributed by atoms with Crippen LogP contribution in [0.4, 0.5) is 0 Å². The summed E-state index contributed by atoms with van der Waals surface area (Å²) in [6.45, 7) is 1.11. The first kappa shape index (κ1) is 52.5. The molecule has 74 heavy (non-hydrogen) atoms. The van der Waals surface area contributed by atoms with Crippen LogP contribution in [-0.4, -0.2) is 81.1 Å². The highest BCUT2D eigenvalue weighted by atomic mass is 16.8. The molecule has 2 heterocycles. The minimum Gasteiger partial charge on any atom is -0.459 e. The van der Waals surface area contributed by atoms with E-state index in [2.05, 4.69) is 0 Å². The number of carbonyl (C=O) groups excluding carboxylic acids is 1. The van der Waals surface area contributed by atoms with Crippen LogP contribution >= 0.6 is 0 Å². The van der Waals surface area contributed by atoms with Gasteiger partial charge in [-0.15, -0.1) is 0 Å². The molecule has 12 heteroatoms. The highest BCUT2D eigenvalue weighted by Gasteiger charge is 2.54. The Hall–Kier alpha value is -6.39. The lowest BCUT2D eigenvalue weighted by Crippen LogP contribution is -2.64. The molecule has 0 spiro atoms. The van der Waals surface area contributed by atoms with Gasteiger partial charge in [0.1, 0.15) is 49.3 Å². The monoisotopic (exact) mass is 1000 g/mol. The Kier molecular flexibility index (Phi) is 19.7. The van der Waals surface area contributed by atoms with Gasteiger partial charge in [0, 0.05) is 7.11 Å². The van der Waals surface area contributed by atoms with E-state index in [0.29, 0.717) is 0 Å². The van der Waals surface area contributed by atoms with Gasteiger partial charge in [0.15, 0.2) is 18.7 Å². The second kappa shape index (κ2) is 27.8. The van der Waals surface area contributed by atoms with Crippen molar-refractivity contribution in [3.05, 3.63) is 251 Å². The molecule has 0 saturated carbocycles. The summed E-state index contributed by atoms with van der Waals surface area (Å²) < 4.78 is 73.9. The summed E-state index contributed by atoms with van der Waals surface area (Å²) in [7, 11) is 1.58. The SMILES string of the molecule is CO[C@H]1O[C@H](CO[C@@H]2O[C@H](C(=O)OCc3ccccc3)[C@@H](OCc3ccccc3)[C@H](OCc3ccccc3)[C@@H]2OCc2ccccc2)[C@@H](OCc2ccccc2)[C@H](OCc2ccccc2)[C@H]1OCc1ccccc1. The van der Waals surface area contributed by atoms with E-state index in [1.807, 2.05) is 212 Å². The van der Waals surface area contributed by atoms with Gasteiger partial charge in [-0.2, -0.15) is 0 Å². The van der Waals surface area contributed by atoms with Crippen LogP contribution in [0.25, 0.3) is 0 Å². The molecule has 0 aromatic heterocycles. The van der Waals surface area contributed by atoms with Crippen LogP contribution in [0, 0.1) is 0 Å². The van der Waals surface area contributed by atoms with Gasteiger partial charge in [-0.1, -0.05) is 212 Å². The number of benzene rings is 7. The fourth-order valence-corrected chi connectivity index (χ4v) is 9.05. The van der Waals surface area contributed by atoms with Crippen molar-refractivity contribution in [3.63, 3.8) is 0 Å². The minimum atomic E-state index is -1.33. The van der Waals surface area contributed by atoms with Crippen LogP contribution in [0.15, 0.2) is 212 Å². The van der Waals surface area contributed by atoms with Gasteiger partial charge >= 0.3 is 5.97 Å². The van der Waals surface area contributed by atoms with Gasteiger partial charge < -0.3 is 52.1 Å². The molecule has 0 aliphatic carbocycles. The van der Waals surface area contributed by atoms with Gasteiger partial charge in [-0.05, 0) is 38.9 Å². The molecule has 2 saturated heterocycles. The molecular weight excluding hydrogens is 937 g/mol. The van der Waals surface area contributed by atoms with E-state index in [1.54, 1.807) is 7.11 Å². The Morgan fingerprint density at radius 2 is 0.635 bits per heavy atom. The molecule has 10 atom stereocenters. The van der Waals surface area contributed by atoms with E-state index in [1.165, 1.54) is 0 Å². The van der Waals surface area contributed by atoms with Crippen molar-refractivity contribution < 1.29 is 56.9 Å². The average Bonchev–Trinajstić information content (AvgIpc) is 3.47. The fraction of sp³-hybridized carbons (Fsp3) is 0.306. The van der Waals surface area contributed by atoms with Crippen molar-refractivity contribution in [2.45, 2.75) is 108 Å². The lowest BCUT2D eigenvalue weighted by molar-refractivity contribution is -0.347. The van der Waals surface area contributed by atoms with E-state index in [9.17, 15) is 4.79 Å². The van der Waals surface area contributed by atoms with E-state index >= 15 is 0 Å². The third-order valence-electron chi connectivity index (χ3n) is 12.9. The lowest BCUT2D eigenvalue weighted by atomic mass is 9.96. The minimum absolute atomic E-state index is 0.00652. The van der Waals surface area contributed by atoms with Crippen LogP contribution in [0.3, 0.4) is 0 Å². The van der Waals surface area contributed by atoms with Crippen LogP contribution in [0.1, 0.15) is 38.9 Å². The zero-order chi connectivity index (χ0) is 50.6. The maximum absolute atomic E-state index is 14.7. The smallest absolute Gasteiger partial charge is 0.338 e. The largest absolute Gasteiger partial charge is 0.459 e. The summed E-state index contributed by atoms with van der Waals surface area (Å²) in [5, 5.41) is 0. The molecule has 12 nitrogen and oxygen atoms in total. The van der Waals surface area contributed by atoms with Crippen LogP contribution in [-0.2, 0) is 103 Å². The molecule has 2 aliphatic rings. The van der Waals surface area contributed by atoms with Crippen LogP contribution < -0.4 is 0 Å². The molecule has 0 radical (unpaired) electrons. The molecule has 7 aromatic rings. The van der Waals surface area contributed by atoms with Gasteiger partial charge in [0.2, 0.25) is 0 Å². The third-order valence-corrected chi connectivity index (χ3v) is 12.9. The van der Waals surface area contributed by atoms with Crippen LogP contribution in [0.2, 0.25) is 0 Å². The number of rotatable bonds is 25. The zero-order valence-electron chi connectivity index (χ0n) is 41.5. The van der Waals surface area contributed by atoms with Crippen molar-refractivity contribution in [2.75, 3.05) is 13.7 Å². The Labute approximate surface area is 433 Å². The second-order valence-electron chi connectivity index (χ2n) is 18.2. The number of hydrogen-bond acceptors (Lipinski definition) is 12. The van der Waals surface area contributed by atoms with Crippen molar-refractivity contribution in [3.8, 4) is 0 Å². The number of hydrogen-bond donors (Lipinski definition) is 0. The number of ether oxygens (including phenoxy) is 11. The third kappa shape index (κ3) is 14.9. The van der Waals surface area contributed by atoms with Crippen molar-refractivity contribution in [1.82, 2.24) is 0 Å². The number of esters is 1. The van der Waals surface area contributed by atoms with E-state index < -0.39 is 67.4 Å². The first-order valence-electron chi connectivity index (χ1n) is 25.2. The Morgan fingerprint density at radius 3 is 1.00 bits per heavy atom. The van der Waals surface area contributed by atoms with E-state index in [4.69, 9.17) is 52.1 Å². The Bertz CT molecular complexity index is 2650. The lowest BCUT2D eigenvalue weighted by Gasteiger charge is -2.47. The predicted octanol–water partition coefficient (Wildman–Crippen LogP) is 10.4. The van der Waals surface area contributed by atoms with Gasteiger partial charge in [-0.3, -0.25) is 0 Å². The molecule has 384 valence electrons. The molecule has 0 amide bonds. The predicted molar refractivity (Wildman–Crippen MR) is 277 cm³/mol. The first-order valence-corrected chi connectivity index (χ1v) is 25.2. The summed E-state index contributed by atoms with van der Waals surface area (Å²) in [5.74, 6) is -0.652. The molecule has 2 aliphatic heterocycles. The standard InChI is InChI=1S/C62H64O12/c1-64-61-58(69-41-49-31-17-6-18-32-49)54(66-38-46-25-11-3-12-26-46)53(65-37-45-23-9-2-10-24-45)52(73-61)44-72-62-59(70-42-50-33-19-7-20-34-50)56(68-40-48-29-15-5-16-30-48)55(67-39-47-27-13-4-14-28-47)57(74-62)60(63)71-43-51-35-21-8-22-36-51/h2-36,52-59,61-62H,37-44H2,1H3/t52-,53-,54+,55+,56+,57+,58-,59+,61+,62-/m1/s1. The number of carbonyl (C=O) groups is 1. The molecule has 2 fully saturated rings. The van der Waals surface area contributed by atoms with Gasteiger partial charge in [0.05, 0.1) is 46.2 Å². The van der Waals surface area contributed by atoms with Crippen molar-refractivity contribution in [2.24, 2.45) is 0 Å². The number of methoxy groups -OCH3 is 1. The molecular formula is C62H64O12. The maximum Gasteiger partial charge on any atom is 0.338 e. The molecule has 0 N–H and O–H groups in total. The Balaban J connectivity index is 1.06. The summed E-state index contributed by atoms with van der Waals surface area (Å²) in [6, 6.07) is 68.6. The molecule has 9 rings (SSSR count). The van der Waals surface area contributed by atoms with E-state index in [-0.39, 0.29) is 52.9 Å². The second-order valence-corrected chi connectivity index (χ2v) is 18.2. The fourth-order valence-electron chi connectivity index (χ4n) is 9.05. The highest BCUT2D eigenvalue weighted by Crippen LogP contribution is 2.35. The van der Waals surface area contributed by atoms with Gasteiger partial charge in [0.25, 0.3) is 0 Å². The van der Waals surface area contributed by atoms with Crippen molar-refractivity contribution >= 4 is 5.97 Å². The van der Waals surface area contributed by atoms with Crippen LogP contribution in [0.5, 0.6) is 0 Å². The van der Waals surface area contributed by atoms with Gasteiger partial charge in [-0.25, -0.2) is 4.79 Å². The quantitative estimate of drug-likeness (QED) is 0.0507. The zero-order valence-corrected chi connectivity index (χ0v) is 41.5. The average molecular weight is 1000 g/mol. The molecule has 0 unspecified atom stereocenters.